The number of aromatic nitrogens is 1. The number of benzene rings is 2. The second kappa shape index (κ2) is 6.75. The normalized spacial score (nSPS) is 12.0. The maximum Gasteiger partial charge on any atom is 0.273 e. The molecule has 0 saturated heterocycles. The maximum atomic E-state index is 12.2. The van der Waals surface area contributed by atoms with Crippen LogP contribution < -0.4 is 5.43 Å². The molecule has 0 atom stereocenters. The van der Waals surface area contributed by atoms with Crippen molar-refractivity contribution in [2.24, 2.45) is 5.10 Å². The van der Waals surface area contributed by atoms with E-state index >= 15 is 0 Å². The first-order valence-electron chi connectivity index (χ1n) is 7.37. The summed E-state index contributed by atoms with van der Waals surface area (Å²) < 4.78 is 0. The van der Waals surface area contributed by atoms with Crippen LogP contribution in [0.4, 0.5) is 0 Å². The van der Waals surface area contributed by atoms with E-state index in [1.165, 1.54) is 0 Å². The van der Waals surface area contributed by atoms with Crippen molar-refractivity contribution in [2.45, 2.75) is 6.92 Å². The number of para-hydroxylation sites is 1. The Morgan fingerprint density at radius 3 is 2.65 bits per heavy atom. The van der Waals surface area contributed by atoms with Gasteiger partial charge in [0.1, 0.15) is 0 Å². The number of hydrogen-bond donors (Lipinski definition) is 2. The molecule has 0 fully saturated rings. The van der Waals surface area contributed by atoms with E-state index in [1.807, 2.05) is 67.6 Å². The van der Waals surface area contributed by atoms with Gasteiger partial charge in [-0.15, -0.1) is 0 Å². The van der Waals surface area contributed by atoms with Crippen molar-refractivity contribution in [2.75, 3.05) is 0 Å². The molecule has 114 valence electrons. The van der Waals surface area contributed by atoms with Crippen molar-refractivity contribution in [3.63, 3.8) is 0 Å². The average Bonchev–Trinajstić information content (AvgIpc) is 3.00. The summed E-state index contributed by atoms with van der Waals surface area (Å²) >= 11 is 0. The topological polar surface area (TPSA) is 57.2 Å². The first-order valence-corrected chi connectivity index (χ1v) is 7.37. The van der Waals surface area contributed by atoms with Gasteiger partial charge >= 0.3 is 0 Å². The molecule has 4 nitrogen and oxygen atoms in total. The number of amides is 1. The summed E-state index contributed by atoms with van der Waals surface area (Å²) in [4.78, 5) is 15.3. The van der Waals surface area contributed by atoms with Crippen LogP contribution in [0.1, 0.15) is 22.8 Å². The Morgan fingerprint density at radius 2 is 1.83 bits per heavy atom. The van der Waals surface area contributed by atoms with Crippen molar-refractivity contribution in [1.29, 1.82) is 0 Å². The minimum Gasteiger partial charge on any atom is -0.360 e. The van der Waals surface area contributed by atoms with Crippen LogP contribution in [-0.2, 0) is 0 Å². The van der Waals surface area contributed by atoms with Crippen LogP contribution in [0, 0.1) is 0 Å². The molecule has 0 spiro atoms. The van der Waals surface area contributed by atoms with E-state index in [9.17, 15) is 4.79 Å². The largest absolute Gasteiger partial charge is 0.360 e. The predicted octanol–water partition coefficient (Wildman–Crippen LogP) is 3.99. The lowest BCUT2D eigenvalue weighted by atomic mass is 10.1. The number of aromatic amines is 1. The second-order valence-corrected chi connectivity index (χ2v) is 5.25. The molecule has 3 rings (SSSR count). The van der Waals surface area contributed by atoms with Crippen LogP contribution in [0.5, 0.6) is 0 Å². The van der Waals surface area contributed by atoms with Gasteiger partial charge in [-0.2, -0.15) is 5.10 Å². The molecule has 1 amide bonds. The van der Waals surface area contributed by atoms with Crippen molar-refractivity contribution in [3.05, 3.63) is 77.5 Å². The van der Waals surface area contributed by atoms with Crippen molar-refractivity contribution in [3.8, 4) is 0 Å². The summed E-state index contributed by atoms with van der Waals surface area (Å²) in [7, 11) is 0. The Kier molecular flexibility index (Phi) is 4.34. The van der Waals surface area contributed by atoms with Gasteiger partial charge in [0.25, 0.3) is 5.91 Å². The quantitative estimate of drug-likeness (QED) is 0.556. The third-order valence-corrected chi connectivity index (χ3v) is 3.46. The highest BCUT2D eigenvalue weighted by Gasteiger charge is 2.10. The molecule has 3 aromatic rings. The summed E-state index contributed by atoms with van der Waals surface area (Å²) in [5.74, 6) is -0.230. The lowest BCUT2D eigenvalue weighted by Crippen LogP contribution is -2.17. The minimum atomic E-state index is -0.230. The number of carbonyl (C=O) groups is 1. The number of hydrogen-bond acceptors (Lipinski definition) is 2. The van der Waals surface area contributed by atoms with Crippen molar-refractivity contribution in [1.82, 2.24) is 10.4 Å². The molecule has 23 heavy (non-hydrogen) atoms. The van der Waals surface area contributed by atoms with Gasteiger partial charge in [-0.25, -0.2) is 5.43 Å². The van der Waals surface area contributed by atoms with Gasteiger partial charge in [-0.05, 0) is 24.1 Å². The fourth-order valence-electron chi connectivity index (χ4n) is 2.36. The molecule has 4 heteroatoms. The molecule has 0 bridgehead atoms. The first-order chi connectivity index (χ1) is 11.2. The average molecular weight is 303 g/mol. The van der Waals surface area contributed by atoms with Crippen LogP contribution in [0.3, 0.4) is 0 Å². The fourth-order valence-corrected chi connectivity index (χ4v) is 2.36. The Bertz CT molecular complexity index is 876. The summed E-state index contributed by atoms with van der Waals surface area (Å²) in [6.07, 6.45) is 5.34. The summed E-state index contributed by atoms with van der Waals surface area (Å²) in [5, 5.41) is 4.91. The van der Waals surface area contributed by atoms with Gasteiger partial charge in [-0.1, -0.05) is 54.6 Å². The van der Waals surface area contributed by atoms with E-state index < -0.39 is 0 Å². The highest BCUT2D eigenvalue weighted by atomic mass is 16.2. The molecular formula is C19H17N3O. The van der Waals surface area contributed by atoms with E-state index in [0.717, 1.165) is 22.0 Å². The summed E-state index contributed by atoms with van der Waals surface area (Å²) in [5.41, 5.74) is 6.13. The summed E-state index contributed by atoms with van der Waals surface area (Å²) in [6.45, 7) is 1.94. The molecule has 0 radical (unpaired) electrons. The van der Waals surface area contributed by atoms with Gasteiger partial charge in [0.05, 0.1) is 11.8 Å². The van der Waals surface area contributed by atoms with Gasteiger partial charge in [0.15, 0.2) is 0 Å². The van der Waals surface area contributed by atoms with Crippen LogP contribution in [-0.4, -0.2) is 17.1 Å². The third-order valence-electron chi connectivity index (χ3n) is 3.46. The highest BCUT2D eigenvalue weighted by Crippen LogP contribution is 2.17. The Hall–Kier alpha value is -3.14. The molecule has 1 aromatic heterocycles. The zero-order chi connectivity index (χ0) is 16.1. The third kappa shape index (κ3) is 3.55. The molecule has 2 aromatic carbocycles. The molecule has 0 saturated carbocycles. The smallest absolute Gasteiger partial charge is 0.273 e. The molecule has 2 N–H and O–H groups in total. The molecule has 0 aliphatic rings. The molecular weight excluding hydrogens is 286 g/mol. The van der Waals surface area contributed by atoms with Crippen LogP contribution in [0.2, 0.25) is 0 Å². The van der Waals surface area contributed by atoms with Crippen molar-refractivity contribution < 1.29 is 4.79 Å². The Balaban J connectivity index is 1.68. The van der Waals surface area contributed by atoms with Gasteiger partial charge < -0.3 is 4.98 Å². The van der Waals surface area contributed by atoms with Crippen LogP contribution in [0.25, 0.3) is 17.0 Å². The fraction of sp³-hybridized carbons (Fsp3) is 0.0526. The van der Waals surface area contributed by atoms with Crippen molar-refractivity contribution >= 4 is 29.1 Å². The highest BCUT2D eigenvalue weighted by molar-refractivity contribution is 6.06. The number of H-pyrrole nitrogens is 1. The standard InChI is InChI=1S/C19H17N3O/c1-14(11-15-7-3-2-4-8-15)12-21-22-19(23)17-13-20-18-10-6-5-9-16(17)18/h2-13,20H,1H3,(H,22,23)/b14-11+,21-12-. The van der Waals surface area contributed by atoms with E-state index in [2.05, 4.69) is 15.5 Å². The van der Waals surface area contributed by atoms with E-state index in [4.69, 9.17) is 0 Å². The van der Waals surface area contributed by atoms with Crippen LogP contribution in [0.15, 0.2) is 71.5 Å². The zero-order valence-electron chi connectivity index (χ0n) is 12.8. The van der Waals surface area contributed by atoms with E-state index in [-0.39, 0.29) is 5.91 Å². The van der Waals surface area contributed by atoms with Gasteiger partial charge in [-0.3, -0.25) is 4.79 Å². The second-order valence-electron chi connectivity index (χ2n) is 5.25. The van der Waals surface area contributed by atoms with E-state index in [0.29, 0.717) is 5.56 Å². The van der Waals surface area contributed by atoms with Gasteiger partial charge in [0, 0.05) is 17.1 Å². The zero-order valence-corrected chi connectivity index (χ0v) is 12.8. The number of nitrogens with zero attached hydrogens (tertiary/aromatic N) is 1. The lowest BCUT2D eigenvalue weighted by molar-refractivity contribution is 0.0957. The molecule has 0 aliphatic heterocycles. The Labute approximate surface area is 134 Å². The molecule has 1 heterocycles. The number of nitrogens with one attached hydrogen (secondary N) is 2. The first kappa shape index (κ1) is 14.8. The summed E-state index contributed by atoms with van der Waals surface area (Å²) in [6, 6.07) is 17.6. The number of hydrazone groups is 1. The van der Waals surface area contributed by atoms with E-state index in [1.54, 1.807) is 12.4 Å². The number of allylic oxidation sites excluding steroid dienone is 1. The molecule has 0 unspecified atom stereocenters. The van der Waals surface area contributed by atoms with Gasteiger partial charge in [0.2, 0.25) is 0 Å². The number of rotatable bonds is 4. The minimum absolute atomic E-state index is 0.230. The SMILES string of the molecule is CC(/C=N\NC(=O)c1c[nH]c2ccccc12)=C\c1ccccc1. The van der Waals surface area contributed by atoms with Crippen LogP contribution >= 0.6 is 0 Å². The molecule has 0 aliphatic carbocycles. The monoisotopic (exact) mass is 303 g/mol. The Morgan fingerprint density at radius 1 is 1.09 bits per heavy atom. The number of carbonyl (C=O) groups excluding carboxylic acids is 1. The predicted molar refractivity (Wildman–Crippen MR) is 94.3 cm³/mol. The lowest BCUT2D eigenvalue weighted by Gasteiger charge is -1.98. The maximum absolute atomic E-state index is 12.2. The number of fused-ring (bicyclic) bond motifs is 1.